The van der Waals surface area contributed by atoms with Gasteiger partial charge in [-0.1, -0.05) is 6.08 Å². The fraction of sp³-hybridized carbons (Fsp3) is 0.600. The minimum atomic E-state index is 0.694. The quantitative estimate of drug-likeness (QED) is 0.716. The molecule has 0 unspecified atom stereocenters. The molecule has 18 heavy (non-hydrogen) atoms. The Balaban J connectivity index is 1.62. The normalized spacial score (nSPS) is 41.7. The molecular weight excluding hydrogens is 240 g/mol. The molecule has 3 saturated heterocycles. The van der Waals surface area contributed by atoms with Gasteiger partial charge in [0.25, 0.3) is 0 Å². The number of fused-ring (bicyclic) bond motifs is 4. The number of allylic oxidation sites excluding steroid dienone is 2. The lowest BCUT2D eigenvalue weighted by molar-refractivity contribution is -0.00661. The Hall–Kier alpha value is -0.670. The summed E-state index contributed by atoms with van der Waals surface area (Å²) in [6.45, 7) is 5.04. The summed E-state index contributed by atoms with van der Waals surface area (Å²) in [6, 6.07) is 1.40. The van der Waals surface area contributed by atoms with Crippen molar-refractivity contribution in [3.8, 4) is 0 Å². The molecule has 0 amide bonds. The monoisotopic (exact) mass is 260 g/mol. The molecule has 0 aromatic heterocycles. The van der Waals surface area contributed by atoms with E-state index in [1.54, 1.807) is 0 Å². The first-order valence-corrected chi connectivity index (χ1v) is 8.06. The number of thioether (sulfide) groups is 1. The predicted molar refractivity (Wildman–Crippen MR) is 77.2 cm³/mol. The summed E-state index contributed by atoms with van der Waals surface area (Å²) >= 11 is 1.98. The zero-order valence-corrected chi connectivity index (χ0v) is 11.7. The van der Waals surface area contributed by atoms with Gasteiger partial charge in [0.1, 0.15) is 0 Å². The molecule has 3 fully saturated rings. The largest absolute Gasteiger partial charge is 0.348 e. The molecule has 0 spiro atoms. The van der Waals surface area contributed by atoms with Crippen molar-refractivity contribution in [1.29, 1.82) is 0 Å². The standard InChI is InChI=1S/C15H20N2S/c1-11-15(13-3-6-16(11)7-4-13)17-8-2-12-5-9-18-14(12)10-17/h2,5,8,10-11,13,15H,3-4,6-7,9H2,1H3/t11-,15+/m1/s1. The molecule has 96 valence electrons. The third-order valence-electron chi connectivity index (χ3n) is 4.99. The zero-order valence-electron chi connectivity index (χ0n) is 10.9. The van der Waals surface area contributed by atoms with Gasteiger partial charge in [0.05, 0.1) is 6.04 Å². The second kappa shape index (κ2) is 4.17. The molecule has 5 aliphatic heterocycles. The van der Waals surface area contributed by atoms with Crippen LogP contribution in [-0.2, 0) is 0 Å². The van der Waals surface area contributed by atoms with E-state index in [0.29, 0.717) is 12.1 Å². The lowest BCUT2D eigenvalue weighted by Crippen LogP contribution is -2.60. The van der Waals surface area contributed by atoms with E-state index in [1.807, 2.05) is 11.8 Å². The molecule has 2 nitrogen and oxygen atoms in total. The van der Waals surface area contributed by atoms with Crippen LogP contribution in [0.4, 0.5) is 0 Å². The van der Waals surface area contributed by atoms with Crippen LogP contribution in [0.3, 0.4) is 0 Å². The smallest absolute Gasteiger partial charge is 0.0512 e. The Labute approximate surface area is 113 Å². The van der Waals surface area contributed by atoms with Crippen molar-refractivity contribution in [2.24, 2.45) is 5.92 Å². The molecule has 0 radical (unpaired) electrons. The van der Waals surface area contributed by atoms with E-state index in [0.717, 1.165) is 11.7 Å². The highest BCUT2D eigenvalue weighted by Gasteiger charge is 2.42. The maximum absolute atomic E-state index is 2.67. The number of piperidine rings is 3. The highest BCUT2D eigenvalue weighted by atomic mass is 32.2. The van der Waals surface area contributed by atoms with E-state index in [-0.39, 0.29) is 0 Å². The topological polar surface area (TPSA) is 6.48 Å². The molecule has 5 aliphatic rings. The Morgan fingerprint density at radius 3 is 2.89 bits per heavy atom. The Morgan fingerprint density at radius 2 is 2.11 bits per heavy atom. The first-order chi connectivity index (χ1) is 8.83. The molecule has 5 heterocycles. The van der Waals surface area contributed by atoms with Crippen molar-refractivity contribution in [2.75, 3.05) is 18.8 Å². The molecule has 0 saturated carbocycles. The molecule has 5 rings (SSSR count). The van der Waals surface area contributed by atoms with Crippen LogP contribution in [0.1, 0.15) is 19.8 Å². The number of hydrogen-bond acceptors (Lipinski definition) is 3. The Bertz CT molecular complexity index is 441. The van der Waals surface area contributed by atoms with Gasteiger partial charge < -0.3 is 4.90 Å². The van der Waals surface area contributed by atoms with Gasteiger partial charge in [-0.05, 0) is 50.4 Å². The first kappa shape index (κ1) is 11.2. The molecule has 0 aromatic rings. The van der Waals surface area contributed by atoms with E-state index in [4.69, 9.17) is 0 Å². The summed E-state index contributed by atoms with van der Waals surface area (Å²) in [4.78, 5) is 6.65. The lowest BCUT2D eigenvalue weighted by Gasteiger charge is -2.53. The van der Waals surface area contributed by atoms with Crippen LogP contribution in [0, 0.1) is 5.92 Å². The van der Waals surface area contributed by atoms with Crippen LogP contribution in [0.25, 0.3) is 0 Å². The summed E-state index contributed by atoms with van der Waals surface area (Å²) in [7, 11) is 0. The van der Waals surface area contributed by atoms with Gasteiger partial charge in [-0.3, -0.25) is 4.90 Å². The lowest BCUT2D eigenvalue weighted by atomic mass is 9.78. The van der Waals surface area contributed by atoms with E-state index in [2.05, 4.69) is 41.3 Å². The van der Waals surface area contributed by atoms with Crippen molar-refractivity contribution in [1.82, 2.24) is 9.80 Å². The van der Waals surface area contributed by atoms with E-state index >= 15 is 0 Å². The van der Waals surface area contributed by atoms with E-state index in [9.17, 15) is 0 Å². The minimum Gasteiger partial charge on any atom is -0.348 e. The van der Waals surface area contributed by atoms with E-state index in [1.165, 1.54) is 36.4 Å². The second-order valence-corrected chi connectivity index (χ2v) is 6.89. The van der Waals surface area contributed by atoms with Crippen molar-refractivity contribution in [3.05, 3.63) is 35.0 Å². The van der Waals surface area contributed by atoms with Crippen LogP contribution in [0.15, 0.2) is 35.0 Å². The average molecular weight is 260 g/mol. The maximum atomic E-state index is 2.67. The summed E-state index contributed by atoms with van der Waals surface area (Å²) < 4.78 is 0. The SMILES string of the molecule is C[C@@H]1[C@H](N2C=CC3=CCSC3=C2)C2CCN1CC2. The van der Waals surface area contributed by atoms with Crippen LogP contribution in [0.5, 0.6) is 0 Å². The average Bonchev–Trinajstić information content (AvgIpc) is 2.87. The van der Waals surface area contributed by atoms with Gasteiger partial charge in [-0.15, -0.1) is 11.8 Å². The van der Waals surface area contributed by atoms with E-state index < -0.39 is 0 Å². The van der Waals surface area contributed by atoms with Gasteiger partial charge in [0, 0.05) is 29.1 Å². The zero-order chi connectivity index (χ0) is 12.1. The van der Waals surface area contributed by atoms with Crippen LogP contribution in [0.2, 0.25) is 0 Å². The van der Waals surface area contributed by atoms with Crippen LogP contribution < -0.4 is 0 Å². The van der Waals surface area contributed by atoms with Crippen molar-refractivity contribution in [3.63, 3.8) is 0 Å². The van der Waals surface area contributed by atoms with Gasteiger partial charge in [0.15, 0.2) is 0 Å². The summed E-state index contributed by atoms with van der Waals surface area (Å²) in [5.74, 6) is 2.04. The Kier molecular flexibility index (Phi) is 2.59. The summed E-state index contributed by atoms with van der Waals surface area (Å²) in [5, 5.41) is 0. The summed E-state index contributed by atoms with van der Waals surface area (Å²) in [5.41, 5.74) is 1.44. The molecular formula is C15H20N2S. The predicted octanol–water partition coefficient (Wildman–Crippen LogP) is 2.81. The van der Waals surface area contributed by atoms with Crippen molar-refractivity contribution < 1.29 is 0 Å². The van der Waals surface area contributed by atoms with Gasteiger partial charge >= 0.3 is 0 Å². The molecule has 2 bridgehead atoms. The highest BCUT2D eigenvalue weighted by molar-refractivity contribution is 8.03. The van der Waals surface area contributed by atoms with Crippen molar-refractivity contribution >= 4 is 11.8 Å². The van der Waals surface area contributed by atoms with Gasteiger partial charge in [-0.2, -0.15) is 0 Å². The van der Waals surface area contributed by atoms with Crippen LogP contribution in [-0.4, -0.2) is 40.7 Å². The third kappa shape index (κ3) is 1.60. The Morgan fingerprint density at radius 1 is 1.28 bits per heavy atom. The number of rotatable bonds is 1. The summed E-state index contributed by atoms with van der Waals surface area (Å²) in [6.07, 6.45) is 12.1. The van der Waals surface area contributed by atoms with Gasteiger partial charge in [-0.25, -0.2) is 0 Å². The maximum Gasteiger partial charge on any atom is 0.0512 e. The molecule has 2 atom stereocenters. The number of nitrogens with zero attached hydrogens (tertiary/aromatic N) is 2. The molecule has 0 N–H and O–H groups in total. The third-order valence-corrected chi connectivity index (χ3v) is 5.98. The second-order valence-electron chi connectivity index (χ2n) is 5.83. The molecule has 0 aliphatic carbocycles. The molecule has 0 aromatic carbocycles. The minimum absolute atomic E-state index is 0.694. The van der Waals surface area contributed by atoms with Crippen molar-refractivity contribution in [2.45, 2.75) is 31.8 Å². The highest BCUT2D eigenvalue weighted by Crippen LogP contribution is 2.40. The van der Waals surface area contributed by atoms with Crippen LogP contribution >= 0.6 is 11.8 Å². The fourth-order valence-corrected chi connectivity index (χ4v) is 4.92. The molecule has 3 heteroatoms. The van der Waals surface area contributed by atoms with Gasteiger partial charge in [0.2, 0.25) is 0 Å². The first-order valence-electron chi connectivity index (χ1n) is 7.08. The fourth-order valence-electron chi connectivity index (χ4n) is 3.97. The number of hydrogen-bond donors (Lipinski definition) is 0.